The Balaban J connectivity index is 1.94. The molecule has 2 unspecified atom stereocenters. The summed E-state index contributed by atoms with van der Waals surface area (Å²) in [4.78, 5) is 0. The molecular formula is C14H20FN. The molecule has 2 heteroatoms. The van der Waals surface area contributed by atoms with Gasteiger partial charge < -0.3 is 5.32 Å². The molecule has 0 amide bonds. The molecule has 1 nitrogen and oxygen atoms in total. The fourth-order valence-electron chi connectivity index (χ4n) is 1.97. The highest BCUT2D eigenvalue weighted by Gasteiger charge is 2.23. The van der Waals surface area contributed by atoms with E-state index in [4.69, 9.17) is 0 Å². The first kappa shape index (κ1) is 11.6. The van der Waals surface area contributed by atoms with Crippen LogP contribution in [0, 0.1) is 11.7 Å². The average Bonchev–Trinajstić information content (AvgIpc) is 3.09. The molecule has 0 radical (unpaired) electrons. The Bertz CT molecular complexity index is 346. The first-order valence-corrected chi connectivity index (χ1v) is 6.16. The summed E-state index contributed by atoms with van der Waals surface area (Å²) >= 11 is 0. The number of hydrogen-bond acceptors (Lipinski definition) is 1. The second-order valence-electron chi connectivity index (χ2n) is 4.97. The summed E-state index contributed by atoms with van der Waals surface area (Å²) in [6.45, 7) is 5.28. The summed E-state index contributed by atoms with van der Waals surface area (Å²) in [5.41, 5.74) is 0.840. The molecule has 2 rings (SSSR count). The van der Waals surface area contributed by atoms with Gasteiger partial charge in [0.1, 0.15) is 5.82 Å². The van der Waals surface area contributed by atoms with Crippen molar-refractivity contribution in [2.75, 3.05) is 6.54 Å². The Labute approximate surface area is 97.1 Å². The van der Waals surface area contributed by atoms with Crippen LogP contribution in [0.5, 0.6) is 0 Å². The summed E-state index contributed by atoms with van der Waals surface area (Å²) in [6.07, 6.45) is 2.61. The van der Waals surface area contributed by atoms with Crippen LogP contribution in [-0.4, -0.2) is 12.6 Å². The predicted molar refractivity (Wildman–Crippen MR) is 65.0 cm³/mol. The summed E-state index contributed by atoms with van der Waals surface area (Å²) < 4.78 is 13.6. The van der Waals surface area contributed by atoms with Crippen molar-refractivity contribution in [2.45, 2.75) is 38.6 Å². The molecular weight excluding hydrogens is 201 g/mol. The maximum absolute atomic E-state index is 13.6. The summed E-state index contributed by atoms with van der Waals surface area (Å²) in [5, 5.41) is 3.50. The fraction of sp³-hybridized carbons (Fsp3) is 0.571. The van der Waals surface area contributed by atoms with Crippen LogP contribution in [0.15, 0.2) is 24.3 Å². The van der Waals surface area contributed by atoms with Gasteiger partial charge in [0, 0.05) is 6.04 Å². The van der Waals surface area contributed by atoms with Crippen LogP contribution < -0.4 is 5.32 Å². The van der Waals surface area contributed by atoms with E-state index in [0.29, 0.717) is 5.92 Å². The zero-order valence-electron chi connectivity index (χ0n) is 10.0. The lowest BCUT2D eigenvalue weighted by Crippen LogP contribution is -2.26. The minimum absolute atomic E-state index is 0.0757. The van der Waals surface area contributed by atoms with Crippen LogP contribution >= 0.6 is 0 Å². The Morgan fingerprint density at radius 1 is 1.31 bits per heavy atom. The Kier molecular flexibility index (Phi) is 3.59. The van der Waals surface area contributed by atoms with E-state index in [1.807, 2.05) is 12.1 Å². The third-order valence-electron chi connectivity index (χ3n) is 3.56. The van der Waals surface area contributed by atoms with E-state index < -0.39 is 0 Å². The van der Waals surface area contributed by atoms with E-state index in [2.05, 4.69) is 19.2 Å². The monoisotopic (exact) mass is 221 g/mol. The number of rotatable bonds is 5. The molecule has 0 aromatic heterocycles. The van der Waals surface area contributed by atoms with Crippen molar-refractivity contribution in [1.29, 1.82) is 0 Å². The highest BCUT2D eigenvalue weighted by atomic mass is 19.1. The van der Waals surface area contributed by atoms with Crippen molar-refractivity contribution in [3.63, 3.8) is 0 Å². The Morgan fingerprint density at radius 2 is 2.00 bits per heavy atom. The van der Waals surface area contributed by atoms with Crippen molar-refractivity contribution >= 4 is 0 Å². The zero-order chi connectivity index (χ0) is 11.5. The molecule has 1 aliphatic rings. The van der Waals surface area contributed by atoms with Crippen LogP contribution in [0.4, 0.5) is 4.39 Å². The number of hydrogen-bond donors (Lipinski definition) is 1. The van der Waals surface area contributed by atoms with Crippen molar-refractivity contribution in [3.8, 4) is 0 Å². The maximum Gasteiger partial charge on any atom is 0.126 e. The van der Waals surface area contributed by atoms with Gasteiger partial charge in [-0.2, -0.15) is 0 Å². The van der Waals surface area contributed by atoms with Crippen LogP contribution in [0.2, 0.25) is 0 Å². The smallest absolute Gasteiger partial charge is 0.126 e. The molecule has 0 heterocycles. The van der Waals surface area contributed by atoms with Crippen LogP contribution in [0.1, 0.15) is 38.2 Å². The van der Waals surface area contributed by atoms with E-state index in [-0.39, 0.29) is 11.7 Å². The van der Waals surface area contributed by atoms with Gasteiger partial charge in [-0.3, -0.25) is 0 Å². The highest BCUT2D eigenvalue weighted by Crippen LogP contribution is 2.27. The number of halogens is 1. The molecule has 2 atom stereocenters. The third kappa shape index (κ3) is 2.82. The first-order valence-electron chi connectivity index (χ1n) is 6.16. The second kappa shape index (κ2) is 4.96. The molecule has 0 spiro atoms. The van der Waals surface area contributed by atoms with Gasteiger partial charge in [-0.05, 0) is 42.9 Å². The molecule has 1 aromatic rings. The Hall–Kier alpha value is -0.890. The van der Waals surface area contributed by atoms with Gasteiger partial charge >= 0.3 is 0 Å². The summed E-state index contributed by atoms with van der Waals surface area (Å²) in [6, 6.07) is 7.84. The lowest BCUT2D eigenvalue weighted by molar-refractivity contribution is 0.433. The van der Waals surface area contributed by atoms with Crippen molar-refractivity contribution < 1.29 is 4.39 Å². The van der Waals surface area contributed by atoms with E-state index >= 15 is 0 Å². The maximum atomic E-state index is 13.6. The molecule has 0 aliphatic heterocycles. The minimum atomic E-state index is -0.0757. The quantitative estimate of drug-likeness (QED) is 0.804. The fourth-order valence-corrected chi connectivity index (χ4v) is 1.97. The zero-order valence-corrected chi connectivity index (χ0v) is 10.0. The van der Waals surface area contributed by atoms with Crippen molar-refractivity contribution in [1.82, 2.24) is 5.32 Å². The van der Waals surface area contributed by atoms with Gasteiger partial charge in [0.15, 0.2) is 0 Å². The van der Waals surface area contributed by atoms with Gasteiger partial charge in [-0.15, -0.1) is 0 Å². The number of nitrogens with one attached hydrogen (secondary N) is 1. The van der Waals surface area contributed by atoms with Crippen LogP contribution in [0.3, 0.4) is 0 Å². The van der Waals surface area contributed by atoms with Gasteiger partial charge in [-0.25, -0.2) is 4.39 Å². The van der Waals surface area contributed by atoms with E-state index in [1.165, 1.54) is 12.8 Å². The highest BCUT2D eigenvalue weighted by molar-refractivity contribution is 5.21. The molecule has 1 fully saturated rings. The molecule has 0 saturated heterocycles. The lowest BCUT2D eigenvalue weighted by Gasteiger charge is -2.21. The third-order valence-corrected chi connectivity index (χ3v) is 3.56. The largest absolute Gasteiger partial charge is 0.314 e. The Morgan fingerprint density at radius 3 is 2.62 bits per heavy atom. The molecule has 1 N–H and O–H groups in total. The van der Waals surface area contributed by atoms with E-state index in [1.54, 1.807) is 12.1 Å². The van der Waals surface area contributed by atoms with Crippen molar-refractivity contribution in [2.24, 2.45) is 5.92 Å². The molecule has 16 heavy (non-hydrogen) atoms. The normalized spacial score (nSPS) is 19.4. The van der Waals surface area contributed by atoms with Crippen molar-refractivity contribution in [3.05, 3.63) is 35.6 Å². The number of benzene rings is 1. The van der Waals surface area contributed by atoms with E-state index in [0.717, 1.165) is 18.2 Å². The molecule has 1 aliphatic carbocycles. The SMILES string of the molecule is CC(CNC1CC1)C(C)c1ccccc1F. The first-order chi connectivity index (χ1) is 7.68. The molecule has 1 saturated carbocycles. The molecule has 0 bridgehead atoms. The lowest BCUT2D eigenvalue weighted by atomic mass is 9.88. The van der Waals surface area contributed by atoms with Gasteiger partial charge in [0.25, 0.3) is 0 Å². The summed E-state index contributed by atoms with van der Waals surface area (Å²) in [5.74, 6) is 0.665. The topological polar surface area (TPSA) is 12.0 Å². The van der Waals surface area contributed by atoms with Gasteiger partial charge in [0.05, 0.1) is 0 Å². The van der Waals surface area contributed by atoms with E-state index in [9.17, 15) is 4.39 Å². The molecule has 1 aromatic carbocycles. The van der Waals surface area contributed by atoms with Gasteiger partial charge in [0.2, 0.25) is 0 Å². The van der Waals surface area contributed by atoms with Gasteiger partial charge in [-0.1, -0.05) is 32.0 Å². The van der Waals surface area contributed by atoms with Crippen LogP contribution in [-0.2, 0) is 0 Å². The second-order valence-corrected chi connectivity index (χ2v) is 4.97. The molecule has 88 valence electrons. The average molecular weight is 221 g/mol. The summed E-state index contributed by atoms with van der Waals surface area (Å²) in [7, 11) is 0. The predicted octanol–water partition coefficient (Wildman–Crippen LogP) is 3.32. The standard InChI is InChI=1S/C14H20FN/c1-10(9-16-12-7-8-12)11(2)13-5-3-4-6-14(13)15/h3-6,10-12,16H,7-9H2,1-2H3. The minimum Gasteiger partial charge on any atom is -0.314 e. The van der Waals surface area contributed by atoms with Crippen LogP contribution in [0.25, 0.3) is 0 Å².